The van der Waals surface area contributed by atoms with Gasteiger partial charge in [0.15, 0.2) is 0 Å². The molecule has 5 rings (SSSR count). The van der Waals surface area contributed by atoms with Gasteiger partial charge in [0.1, 0.15) is 0 Å². The van der Waals surface area contributed by atoms with Crippen LogP contribution in [0.3, 0.4) is 0 Å². The van der Waals surface area contributed by atoms with Gasteiger partial charge in [-0.25, -0.2) is 0 Å². The number of pyridine rings is 1. The van der Waals surface area contributed by atoms with Gasteiger partial charge in [-0.2, -0.15) is 0 Å². The second kappa shape index (κ2) is 9.62. The van der Waals surface area contributed by atoms with Crippen molar-refractivity contribution in [1.82, 2.24) is 14.9 Å². The molecule has 33 heavy (non-hydrogen) atoms. The van der Waals surface area contributed by atoms with Crippen LogP contribution in [0.2, 0.25) is 0 Å². The first-order valence-electron chi connectivity index (χ1n) is 10.7. The fraction of sp³-hybridized carbons (Fsp3) is 0.200. The van der Waals surface area contributed by atoms with Crippen molar-refractivity contribution in [2.24, 2.45) is 0 Å². The van der Waals surface area contributed by atoms with E-state index in [1.54, 1.807) is 12.3 Å². The van der Waals surface area contributed by atoms with Gasteiger partial charge in [-0.15, -0.1) is 0 Å². The highest BCUT2D eigenvalue weighted by Gasteiger charge is 2.27. The SMILES string of the molecule is CC(=O)O.O=C(Nc1cccc2cccnc12)C(=O)c1c2n(c3ccccc13)CCNCC2. The lowest BCUT2D eigenvalue weighted by Crippen LogP contribution is -2.24. The second-order valence-corrected chi connectivity index (χ2v) is 7.67. The number of ketones is 1. The molecule has 0 fully saturated rings. The molecule has 8 nitrogen and oxygen atoms in total. The summed E-state index contributed by atoms with van der Waals surface area (Å²) in [7, 11) is 0. The van der Waals surface area contributed by atoms with Gasteiger partial charge in [-0.3, -0.25) is 19.4 Å². The van der Waals surface area contributed by atoms with E-state index in [1.165, 1.54) is 0 Å². The predicted octanol–water partition coefficient (Wildman–Crippen LogP) is 3.25. The van der Waals surface area contributed by atoms with Crippen molar-refractivity contribution in [3.63, 3.8) is 0 Å². The van der Waals surface area contributed by atoms with Gasteiger partial charge in [0.05, 0.1) is 16.8 Å². The topological polar surface area (TPSA) is 113 Å². The molecule has 2 aromatic carbocycles. The Bertz CT molecular complexity index is 1350. The predicted molar refractivity (Wildman–Crippen MR) is 127 cm³/mol. The van der Waals surface area contributed by atoms with Crippen molar-refractivity contribution in [3.05, 3.63) is 72.1 Å². The lowest BCUT2D eigenvalue weighted by atomic mass is 10.0. The number of carbonyl (C=O) groups is 3. The van der Waals surface area contributed by atoms with Gasteiger partial charge >= 0.3 is 0 Å². The lowest BCUT2D eigenvalue weighted by Gasteiger charge is -2.09. The van der Waals surface area contributed by atoms with Crippen LogP contribution in [0.25, 0.3) is 21.8 Å². The van der Waals surface area contributed by atoms with Gasteiger partial charge in [-0.1, -0.05) is 36.4 Å². The number of nitrogens with zero attached hydrogens (tertiary/aromatic N) is 2. The summed E-state index contributed by atoms with van der Waals surface area (Å²) in [5.41, 5.74) is 3.63. The van der Waals surface area contributed by atoms with Gasteiger partial charge < -0.3 is 20.3 Å². The van der Waals surface area contributed by atoms with Crippen LogP contribution in [0.1, 0.15) is 23.0 Å². The quantitative estimate of drug-likeness (QED) is 0.330. The highest BCUT2D eigenvalue weighted by molar-refractivity contribution is 6.49. The molecule has 8 heteroatoms. The number of nitrogens with one attached hydrogen (secondary N) is 2. The molecule has 0 unspecified atom stereocenters. The molecule has 1 aliphatic rings. The third-order valence-electron chi connectivity index (χ3n) is 5.44. The van der Waals surface area contributed by atoms with Crippen molar-refractivity contribution >= 4 is 45.2 Å². The molecule has 0 radical (unpaired) electrons. The number of Topliss-reactive ketones (excluding diaryl/α,β-unsaturated/α-hetero) is 1. The third kappa shape index (κ3) is 4.61. The van der Waals surface area contributed by atoms with Crippen molar-refractivity contribution < 1.29 is 19.5 Å². The third-order valence-corrected chi connectivity index (χ3v) is 5.44. The molecule has 4 aromatic rings. The Kier molecular flexibility index (Phi) is 6.46. The van der Waals surface area contributed by atoms with Crippen LogP contribution in [-0.2, 0) is 22.6 Å². The fourth-order valence-electron chi connectivity index (χ4n) is 4.15. The number of benzene rings is 2. The highest BCUT2D eigenvalue weighted by Crippen LogP contribution is 2.29. The van der Waals surface area contributed by atoms with Crippen LogP contribution in [0.5, 0.6) is 0 Å². The van der Waals surface area contributed by atoms with Crippen molar-refractivity contribution in [3.8, 4) is 0 Å². The number of anilines is 1. The average molecular weight is 444 g/mol. The zero-order valence-electron chi connectivity index (χ0n) is 18.2. The van der Waals surface area contributed by atoms with Crippen molar-refractivity contribution in [1.29, 1.82) is 0 Å². The first kappa shape index (κ1) is 22.2. The first-order chi connectivity index (χ1) is 16.0. The Morgan fingerprint density at radius 1 is 1.03 bits per heavy atom. The number of rotatable bonds is 3. The van der Waals surface area contributed by atoms with Gasteiger partial charge in [0, 0.05) is 61.2 Å². The Labute approximate surface area is 190 Å². The summed E-state index contributed by atoms with van der Waals surface area (Å²) >= 11 is 0. The maximum Gasteiger partial charge on any atom is 0.300 e. The molecule has 1 aliphatic heterocycles. The van der Waals surface area contributed by atoms with Crippen LogP contribution in [0, 0.1) is 0 Å². The smallest absolute Gasteiger partial charge is 0.300 e. The lowest BCUT2D eigenvalue weighted by molar-refractivity contribution is -0.134. The number of fused-ring (bicyclic) bond motifs is 4. The van der Waals surface area contributed by atoms with Gasteiger partial charge in [0.2, 0.25) is 0 Å². The van der Waals surface area contributed by atoms with Crippen molar-refractivity contribution in [2.45, 2.75) is 19.9 Å². The van der Waals surface area contributed by atoms with E-state index >= 15 is 0 Å². The first-order valence-corrected chi connectivity index (χ1v) is 10.7. The Morgan fingerprint density at radius 2 is 1.79 bits per heavy atom. The van der Waals surface area contributed by atoms with Crippen LogP contribution in [0.4, 0.5) is 5.69 Å². The fourth-order valence-corrected chi connectivity index (χ4v) is 4.15. The minimum Gasteiger partial charge on any atom is -0.481 e. The Balaban J connectivity index is 0.000000601. The number of carbonyl (C=O) groups excluding carboxylic acids is 2. The van der Waals surface area contributed by atoms with Crippen LogP contribution < -0.4 is 10.6 Å². The van der Waals surface area contributed by atoms with E-state index in [1.807, 2.05) is 48.5 Å². The van der Waals surface area contributed by atoms with Crippen molar-refractivity contribution in [2.75, 3.05) is 18.4 Å². The second-order valence-electron chi connectivity index (χ2n) is 7.67. The number of para-hydroxylation sites is 2. The van der Waals surface area contributed by atoms with E-state index in [0.717, 1.165) is 48.5 Å². The Hall–Kier alpha value is -4.04. The molecule has 0 bridgehead atoms. The molecule has 0 spiro atoms. The zero-order chi connectivity index (χ0) is 23.4. The molecular formula is C25H24N4O4. The average Bonchev–Trinajstić information content (AvgIpc) is 2.94. The molecule has 0 aliphatic carbocycles. The normalized spacial score (nSPS) is 12.9. The number of hydrogen-bond donors (Lipinski definition) is 3. The standard InChI is InChI=1S/C23H20N4O2.C2H4O2/c28-22(23(29)26-17-8-3-5-15-6-4-11-25-21(15)17)20-16-7-1-2-9-18(16)27-14-13-24-12-10-19(20)27;1-2(3)4/h1-9,11,24H,10,12-14H2,(H,26,29);1H3,(H,3,4). The monoisotopic (exact) mass is 444 g/mol. The van der Waals surface area contributed by atoms with E-state index in [9.17, 15) is 9.59 Å². The minimum absolute atomic E-state index is 0.509. The summed E-state index contributed by atoms with van der Waals surface area (Å²) < 4.78 is 2.16. The summed E-state index contributed by atoms with van der Waals surface area (Å²) in [4.78, 5) is 39.6. The molecule has 0 atom stereocenters. The summed E-state index contributed by atoms with van der Waals surface area (Å²) in [5.74, 6) is -1.98. The molecule has 0 saturated carbocycles. The summed E-state index contributed by atoms with van der Waals surface area (Å²) in [6.07, 6.45) is 2.38. The number of carboxylic acid groups (broad SMARTS) is 1. The number of amides is 1. The van der Waals surface area contributed by atoms with E-state index in [-0.39, 0.29) is 0 Å². The Morgan fingerprint density at radius 3 is 2.61 bits per heavy atom. The molecule has 1 amide bonds. The summed E-state index contributed by atoms with van der Waals surface area (Å²) in [6.45, 7) is 3.48. The van der Waals surface area contributed by atoms with Crippen LogP contribution >= 0.6 is 0 Å². The van der Waals surface area contributed by atoms with E-state index in [2.05, 4.69) is 20.2 Å². The van der Waals surface area contributed by atoms with Crippen LogP contribution in [-0.4, -0.2) is 45.4 Å². The molecule has 3 N–H and O–H groups in total. The van der Waals surface area contributed by atoms with Gasteiger partial charge in [-0.05, 0) is 18.2 Å². The number of carboxylic acids is 1. The van der Waals surface area contributed by atoms with E-state index in [0.29, 0.717) is 23.2 Å². The number of aromatic nitrogens is 2. The molecule has 168 valence electrons. The number of aliphatic carboxylic acids is 1. The number of hydrogen-bond acceptors (Lipinski definition) is 5. The molecular weight excluding hydrogens is 420 g/mol. The maximum absolute atomic E-state index is 13.3. The van der Waals surface area contributed by atoms with E-state index in [4.69, 9.17) is 9.90 Å². The molecule has 2 aromatic heterocycles. The largest absolute Gasteiger partial charge is 0.481 e. The minimum atomic E-state index is -0.833. The van der Waals surface area contributed by atoms with E-state index < -0.39 is 17.7 Å². The highest BCUT2D eigenvalue weighted by atomic mass is 16.4. The molecule has 3 heterocycles. The summed E-state index contributed by atoms with van der Waals surface area (Å²) in [5, 5.41) is 15.3. The summed E-state index contributed by atoms with van der Waals surface area (Å²) in [6, 6.07) is 17.1. The zero-order valence-corrected chi connectivity index (χ0v) is 18.2. The van der Waals surface area contributed by atoms with Crippen LogP contribution in [0.15, 0.2) is 60.8 Å². The molecule has 0 saturated heterocycles. The van der Waals surface area contributed by atoms with Gasteiger partial charge in [0.25, 0.3) is 17.7 Å². The maximum atomic E-state index is 13.3.